The molecule has 0 bridgehead atoms. The summed E-state index contributed by atoms with van der Waals surface area (Å²) in [6, 6.07) is 6.74. The van der Waals surface area contributed by atoms with E-state index in [0.717, 1.165) is 31.7 Å². The SMILES string of the molecule is COc1ccc(C(C)C)cc1CNCCCC(C)N. The van der Waals surface area contributed by atoms with Gasteiger partial charge in [0.2, 0.25) is 0 Å². The van der Waals surface area contributed by atoms with Crippen LogP contribution in [0.25, 0.3) is 0 Å². The van der Waals surface area contributed by atoms with Gasteiger partial charge in [-0.2, -0.15) is 0 Å². The van der Waals surface area contributed by atoms with Gasteiger partial charge in [0.1, 0.15) is 5.75 Å². The van der Waals surface area contributed by atoms with Gasteiger partial charge in [0.05, 0.1) is 7.11 Å². The molecule has 0 spiro atoms. The third-order valence-electron chi connectivity index (χ3n) is 3.30. The Morgan fingerprint density at radius 2 is 2.00 bits per heavy atom. The van der Waals surface area contributed by atoms with Crippen molar-refractivity contribution in [2.75, 3.05) is 13.7 Å². The standard InChI is InChI=1S/C16H28N2O/c1-12(2)14-7-8-16(19-4)15(10-14)11-18-9-5-6-13(3)17/h7-8,10,12-13,18H,5-6,9,11,17H2,1-4H3. The number of rotatable bonds is 8. The van der Waals surface area contributed by atoms with Gasteiger partial charge in [0, 0.05) is 18.2 Å². The largest absolute Gasteiger partial charge is 0.496 e. The quantitative estimate of drug-likeness (QED) is 0.709. The molecule has 108 valence electrons. The maximum Gasteiger partial charge on any atom is 0.123 e. The molecule has 0 saturated heterocycles. The molecule has 1 atom stereocenters. The first-order chi connectivity index (χ1) is 9.04. The molecular formula is C16H28N2O. The third kappa shape index (κ3) is 5.62. The van der Waals surface area contributed by atoms with Crippen LogP contribution in [0.15, 0.2) is 18.2 Å². The van der Waals surface area contributed by atoms with Crippen molar-refractivity contribution >= 4 is 0 Å². The van der Waals surface area contributed by atoms with Crippen molar-refractivity contribution in [2.45, 2.75) is 52.1 Å². The number of nitrogens with two attached hydrogens (primary N) is 1. The van der Waals surface area contributed by atoms with Crippen LogP contribution < -0.4 is 15.8 Å². The van der Waals surface area contributed by atoms with Crippen molar-refractivity contribution in [2.24, 2.45) is 5.73 Å². The fourth-order valence-corrected chi connectivity index (χ4v) is 2.07. The van der Waals surface area contributed by atoms with E-state index in [1.807, 2.05) is 0 Å². The van der Waals surface area contributed by atoms with E-state index in [1.165, 1.54) is 11.1 Å². The molecule has 1 aromatic carbocycles. The van der Waals surface area contributed by atoms with E-state index in [9.17, 15) is 0 Å². The second-order valence-electron chi connectivity index (χ2n) is 5.52. The lowest BCUT2D eigenvalue weighted by Crippen LogP contribution is -2.20. The fourth-order valence-electron chi connectivity index (χ4n) is 2.07. The van der Waals surface area contributed by atoms with Gasteiger partial charge in [-0.15, -0.1) is 0 Å². The zero-order valence-corrected chi connectivity index (χ0v) is 12.7. The molecule has 0 aromatic heterocycles. The van der Waals surface area contributed by atoms with Gasteiger partial charge in [-0.1, -0.05) is 26.0 Å². The average molecular weight is 264 g/mol. The second-order valence-corrected chi connectivity index (χ2v) is 5.52. The number of methoxy groups -OCH3 is 1. The fraction of sp³-hybridized carbons (Fsp3) is 0.625. The summed E-state index contributed by atoms with van der Waals surface area (Å²) in [5.74, 6) is 1.51. The van der Waals surface area contributed by atoms with Crippen LogP contribution in [0.4, 0.5) is 0 Å². The zero-order chi connectivity index (χ0) is 14.3. The molecule has 0 heterocycles. The summed E-state index contributed by atoms with van der Waals surface area (Å²) in [5.41, 5.74) is 8.32. The first-order valence-electron chi connectivity index (χ1n) is 7.17. The van der Waals surface area contributed by atoms with Gasteiger partial charge < -0.3 is 15.8 Å². The van der Waals surface area contributed by atoms with Crippen molar-refractivity contribution in [3.8, 4) is 5.75 Å². The maximum atomic E-state index is 5.74. The molecule has 1 rings (SSSR count). The molecule has 1 aromatic rings. The number of nitrogens with one attached hydrogen (secondary N) is 1. The van der Waals surface area contributed by atoms with Gasteiger partial charge in [-0.25, -0.2) is 0 Å². The van der Waals surface area contributed by atoms with E-state index in [2.05, 4.69) is 44.3 Å². The maximum absolute atomic E-state index is 5.74. The highest BCUT2D eigenvalue weighted by molar-refractivity contribution is 5.38. The summed E-state index contributed by atoms with van der Waals surface area (Å²) in [4.78, 5) is 0. The predicted octanol–water partition coefficient (Wildman–Crippen LogP) is 3.04. The van der Waals surface area contributed by atoms with Crippen LogP contribution in [-0.4, -0.2) is 19.7 Å². The minimum atomic E-state index is 0.292. The molecule has 0 amide bonds. The molecule has 0 radical (unpaired) electrons. The van der Waals surface area contributed by atoms with Crippen LogP contribution >= 0.6 is 0 Å². The zero-order valence-electron chi connectivity index (χ0n) is 12.7. The summed E-state index contributed by atoms with van der Waals surface area (Å²) < 4.78 is 5.42. The van der Waals surface area contributed by atoms with Crippen molar-refractivity contribution in [1.29, 1.82) is 0 Å². The Kier molecular flexibility index (Phi) is 6.89. The Balaban J connectivity index is 2.53. The Labute approximate surface area is 117 Å². The molecule has 19 heavy (non-hydrogen) atoms. The number of ether oxygens (including phenoxy) is 1. The van der Waals surface area contributed by atoms with E-state index < -0.39 is 0 Å². The molecule has 0 aliphatic heterocycles. The summed E-state index contributed by atoms with van der Waals surface area (Å²) in [7, 11) is 1.73. The monoisotopic (exact) mass is 264 g/mol. The minimum absolute atomic E-state index is 0.292. The Morgan fingerprint density at radius 3 is 2.58 bits per heavy atom. The van der Waals surface area contributed by atoms with Gasteiger partial charge in [-0.05, 0) is 43.9 Å². The lowest BCUT2D eigenvalue weighted by atomic mass is 10.00. The summed E-state index contributed by atoms with van der Waals surface area (Å²) >= 11 is 0. The molecular weight excluding hydrogens is 236 g/mol. The van der Waals surface area contributed by atoms with Crippen LogP contribution in [0.3, 0.4) is 0 Å². The van der Waals surface area contributed by atoms with E-state index in [0.29, 0.717) is 12.0 Å². The van der Waals surface area contributed by atoms with Crippen LogP contribution in [0.2, 0.25) is 0 Å². The second kappa shape index (κ2) is 8.18. The van der Waals surface area contributed by atoms with Crippen LogP contribution in [0.5, 0.6) is 5.75 Å². The van der Waals surface area contributed by atoms with Gasteiger partial charge in [-0.3, -0.25) is 0 Å². The minimum Gasteiger partial charge on any atom is -0.496 e. The Hall–Kier alpha value is -1.06. The summed E-state index contributed by atoms with van der Waals surface area (Å²) in [6.45, 7) is 8.32. The molecule has 3 N–H and O–H groups in total. The number of hydrogen-bond donors (Lipinski definition) is 2. The highest BCUT2D eigenvalue weighted by Crippen LogP contribution is 2.23. The summed E-state index contributed by atoms with van der Waals surface area (Å²) in [5, 5.41) is 3.46. The number of hydrogen-bond acceptors (Lipinski definition) is 3. The number of benzene rings is 1. The normalized spacial score (nSPS) is 12.7. The van der Waals surface area contributed by atoms with Crippen LogP contribution in [0, 0.1) is 0 Å². The van der Waals surface area contributed by atoms with Gasteiger partial charge in [0.25, 0.3) is 0 Å². The molecule has 1 unspecified atom stereocenters. The highest BCUT2D eigenvalue weighted by Gasteiger charge is 2.06. The van der Waals surface area contributed by atoms with Crippen molar-refractivity contribution < 1.29 is 4.74 Å². The van der Waals surface area contributed by atoms with E-state index in [-0.39, 0.29) is 0 Å². The first-order valence-corrected chi connectivity index (χ1v) is 7.17. The predicted molar refractivity (Wildman–Crippen MR) is 81.7 cm³/mol. The first kappa shape index (κ1) is 16.0. The molecule has 0 fully saturated rings. The van der Waals surface area contributed by atoms with Crippen LogP contribution in [0.1, 0.15) is 50.7 Å². The van der Waals surface area contributed by atoms with Gasteiger partial charge in [0.15, 0.2) is 0 Å². The third-order valence-corrected chi connectivity index (χ3v) is 3.30. The van der Waals surface area contributed by atoms with Crippen molar-refractivity contribution in [1.82, 2.24) is 5.32 Å². The Morgan fingerprint density at radius 1 is 1.26 bits per heavy atom. The van der Waals surface area contributed by atoms with E-state index in [1.54, 1.807) is 7.11 Å². The van der Waals surface area contributed by atoms with Gasteiger partial charge >= 0.3 is 0 Å². The molecule has 3 heteroatoms. The van der Waals surface area contributed by atoms with Crippen LogP contribution in [-0.2, 0) is 6.54 Å². The summed E-state index contributed by atoms with van der Waals surface area (Å²) in [6.07, 6.45) is 2.18. The lowest BCUT2D eigenvalue weighted by molar-refractivity contribution is 0.407. The molecule has 3 nitrogen and oxygen atoms in total. The average Bonchev–Trinajstić information content (AvgIpc) is 2.37. The molecule has 0 aliphatic carbocycles. The van der Waals surface area contributed by atoms with Crippen molar-refractivity contribution in [3.05, 3.63) is 29.3 Å². The van der Waals surface area contributed by atoms with Crippen molar-refractivity contribution in [3.63, 3.8) is 0 Å². The Bertz CT molecular complexity index is 375. The van der Waals surface area contributed by atoms with E-state index >= 15 is 0 Å². The van der Waals surface area contributed by atoms with E-state index in [4.69, 9.17) is 10.5 Å². The smallest absolute Gasteiger partial charge is 0.123 e. The molecule has 0 saturated carbocycles. The lowest BCUT2D eigenvalue weighted by Gasteiger charge is -2.13. The highest BCUT2D eigenvalue weighted by atomic mass is 16.5. The topological polar surface area (TPSA) is 47.3 Å². The molecule has 0 aliphatic rings.